The Morgan fingerprint density at radius 3 is 2.94 bits per heavy atom. The van der Waals surface area contributed by atoms with Crippen molar-refractivity contribution in [2.45, 2.75) is 6.10 Å². The Balaban J connectivity index is 2.23. The molecule has 2 aliphatic heterocycles. The molecule has 0 radical (unpaired) electrons. The maximum Gasteiger partial charge on any atom is 0.498 e. The molecule has 4 nitrogen and oxygen atoms in total. The molecule has 1 aromatic carbocycles. The monoisotopic (exact) mass is 273 g/mol. The summed E-state index contributed by atoms with van der Waals surface area (Å²) in [5, 5.41) is 1.02. The van der Waals surface area contributed by atoms with E-state index in [9.17, 15) is 0 Å². The fourth-order valence-corrected chi connectivity index (χ4v) is 2.88. The summed E-state index contributed by atoms with van der Waals surface area (Å²) in [6.07, 6.45) is -0.264. The van der Waals surface area contributed by atoms with Crippen LogP contribution in [-0.2, 0) is 9.31 Å². The van der Waals surface area contributed by atoms with Crippen LogP contribution in [0.1, 0.15) is 11.7 Å². The van der Waals surface area contributed by atoms with Gasteiger partial charge in [-0.15, -0.1) is 0 Å². The van der Waals surface area contributed by atoms with Crippen LogP contribution in [0.3, 0.4) is 0 Å². The number of hydrogen-bond acceptors (Lipinski definition) is 4. The Labute approximate surface area is 109 Å². The Bertz CT molecular complexity index is 471. The molecule has 0 unspecified atom stereocenters. The van der Waals surface area contributed by atoms with Crippen molar-refractivity contribution in [2.75, 3.05) is 19.8 Å². The summed E-state index contributed by atoms with van der Waals surface area (Å²) in [5.41, 5.74) is 7.29. The fraction of sp³-hybridized carbons (Fsp3) is 0.400. The average molecular weight is 274 g/mol. The van der Waals surface area contributed by atoms with Crippen molar-refractivity contribution >= 4 is 35.8 Å². The van der Waals surface area contributed by atoms with Gasteiger partial charge in [0, 0.05) is 22.6 Å². The summed E-state index contributed by atoms with van der Waals surface area (Å²) in [5.74, 6) is 0.601. The van der Waals surface area contributed by atoms with Gasteiger partial charge < -0.3 is 19.8 Å². The van der Waals surface area contributed by atoms with Crippen LogP contribution in [0.2, 0.25) is 10.0 Å². The minimum absolute atomic E-state index is 0.264. The third-order valence-corrected chi connectivity index (χ3v) is 3.51. The molecule has 0 saturated carbocycles. The molecule has 90 valence electrons. The minimum Gasteiger partial charge on any atom is -0.490 e. The lowest BCUT2D eigenvalue weighted by Crippen LogP contribution is -2.31. The van der Waals surface area contributed by atoms with Gasteiger partial charge >= 0.3 is 7.12 Å². The Morgan fingerprint density at radius 1 is 1.35 bits per heavy atom. The van der Waals surface area contributed by atoms with E-state index in [1.807, 2.05) is 0 Å². The number of ether oxygens (including phenoxy) is 1. The zero-order valence-electron chi connectivity index (χ0n) is 8.91. The zero-order valence-corrected chi connectivity index (χ0v) is 10.4. The molecule has 0 saturated heterocycles. The van der Waals surface area contributed by atoms with Crippen molar-refractivity contribution in [2.24, 2.45) is 5.73 Å². The van der Waals surface area contributed by atoms with Crippen molar-refractivity contribution in [3.63, 3.8) is 0 Å². The quantitative estimate of drug-likeness (QED) is 0.780. The lowest BCUT2D eigenvalue weighted by molar-refractivity contribution is 0.148. The Hall–Kier alpha value is -0.455. The molecule has 0 fully saturated rings. The van der Waals surface area contributed by atoms with Crippen LogP contribution in [0.4, 0.5) is 0 Å². The fourth-order valence-electron chi connectivity index (χ4n) is 2.22. The molecule has 1 atom stereocenters. The van der Waals surface area contributed by atoms with E-state index in [4.69, 9.17) is 43.0 Å². The predicted octanol–water partition coefficient (Wildman–Crippen LogP) is 1.13. The standard InChI is InChI=1S/C10H10BCl2NO3/c12-5-3-6(13)10-9-8(5)7(4-14)17-11(9)16-2-1-15-10/h3,7H,1-2,4,14H2/t7-/m1/s1. The topological polar surface area (TPSA) is 53.7 Å². The van der Waals surface area contributed by atoms with Gasteiger partial charge in [0.25, 0.3) is 0 Å². The molecule has 2 N–H and O–H groups in total. The normalized spacial score (nSPS) is 22.1. The maximum absolute atomic E-state index is 6.19. The lowest BCUT2D eigenvalue weighted by Gasteiger charge is -2.14. The van der Waals surface area contributed by atoms with E-state index < -0.39 is 7.12 Å². The van der Waals surface area contributed by atoms with Crippen LogP contribution in [0, 0.1) is 0 Å². The first-order valence-corrected chi connectivity index (χ1v) is 6.09. The number of benzene rings is 1. The summed E-state index contributed by atoms with van der Waals surface area (Å²) in [6, 6.07) is 1.66. The van der Waals surface area contributed by atoms with E-state index in [2.05, 4.69) is 0 Å². The van der Waals surface area contributed by atoms with E-state index >= 15 is 0 Å². The molecular formula is C10H10BCl2NO3. The molecule has 17 heavy (non-hydrogen) atoms. The molecule has 1 aromatic rings. The van der Waals surface area contributed by atoms with E-state index in [-0.39, 0.29) is 6.10 Å². The van der Waals surface area contributed by atoms with Gasteiger partial charge in [-0.25, -0.2) is 0 Å². The van der Waals surface area contributed by atoms with Gasteiger partial charge in [-0.1, -0.05) is 23.2 Å². The molecule has 0 aliphatic carbocycles. The predicted molar refractivity (Wildman–Crippen MR) is 66.2 cm³/mol. The van der Waals surface area contributed by atoms with Crippen LogP contribution in [0.5, 0.6) is 5.75 Å². The summed E-state index contributed by atoms with van der Waals surface area (Å²) in [6.45, 7) is 1.23. The third-order valence-electron chi connectivity index (χ3n) is 2.92. The molecule has 3 rings (SSSR count). The van der Waals surface area contributed by atoms with Gasteiger partial charge in [0.1, 0.15) is 12.4 Å². The van der Waals surface area contributed by atoms with Gasteiger partial charge in [0.15, 0.2) is 0 Å². The van der Waals surface area contributed by atoms with Gasteiger partial charge in [0.2, 0.25) is 0 Å². The van der Waals surface area contributed by atoms with Crippen molar-refractivity contribution < 1.29 is 14.0 Å². The van der Waals surface area contributed by atoms with Crippen molar-refractivity contribution in [1.29, 1.82) is 0 Å². The van der Waals surface area contributed by atoms with Crippen LogP contribution in [0.15, 0.2) is 6.07 Å². The smallest absolute Gasteiger partial charge is 0.490 e. The lowest BCUT2D eigenvalue weighted by atomic mass is 9.78. The van der Waals surface area contributed by atoms with Crippen LogP contribution >= 0.6 is 23.2 Å². The molecule has 0 aromatic heterocycles. The first kappa shape index (κ1) is 11.6. The molecule has 0 spiro atoms. The summed E-state index contributed by atoms with van der Waals surface area (Å²) in [4.78, 5) is 0. The van der Waals surface area contributed by atoms with E-state index in [0.29, 0.717) is 35.6 Å². The number of rotatable bonds is 1. The van der Waals surface area contributed by atoms with E-state index in [1.54, 1.807) is 6.07 Å². The maximum atomic E-state index is 6.19. The minimum atomic E-state index is -0.479. The second kappa shape index (κ2) is 4.33. The zero-order chi connectivity index (χ0) is 12.0. The van der Waals surface area contributed by atoms with Crippen LogP contribution < -0.4 is 15.9 Å². The van der Waals surface area contributed by atoms with E-state index in [1.165, 1.54) is 0 Å². The van der Waals surface area contributed by atoms with Gasteiger partial charge in [-0.3, -0.25) is 0 Å². The molecule has 2 aliphatic rings. The summed E-state index contributed by atoms with van der Waals surface area (Å²) < 4.78 is 16.8. The Morgan fingerprint density at radius 2 is 2.18 bits per heavy atom. The molecular weight excluding hydrogens is 264 g/mol. The van der Waals surface area contributed by atoms with Gasteiger partial charge in [0.05, 0.1) is 17.7 Å². The SMILES string of the molecule is NC[C@H]1OB2OCCOc3c(Cl)cc(Cl)c1c32. The third kappa shape index (κ3) is 1.73. The number of nitrogens with two attached hydrogens (primary N) is 1. The van der Waals surface area contributed by atoms with Crippen molar-refractivity contribution in [3.8, 4) is 5.75 Å². The average Bonchev–Trinajstić information content (AvgIpc) is 2.54. The van der Waals surface area contributed by atoms with Gasteiger partial charge in [-0.2, -0.15) is 0 Å². The van der Waals surface area contributed by atoms with E-state index in [0.717, 1.165) is 11.0 Å². The van der Waals surface area contributed by atoms with Crippen LogP contribution in [-0.4, -0.2) is 26.9 Å². The largest absolute Gasteiger partial charge is 0.498 e. The highest BCUT2D eigenvalue weighted by Crippen LogP contribution is 2.38. The number of halogens is 2. The highest BCUT2D eigenvalue weighted by atomic mass is 35.5. The molecule has 0 bridgehead atoms. The molecule has 2 heterocycles. The highest BCUT2D eigenvalue weighted by molar-refractivity contribution is 6.65. The molecule has 7 heteroatoms. The van der Waals surface area contributed by atoms with Crippen molar-refractivity contribution in [1.82, 2.24) is 0 Å². The summed E-state index contributed by atoms with van der Waals surface area (Å²) in [7, 11) is -0.479. The first-order valence-electron chi connectivity index (χ1n) is 5.34. The highest BCUT2D eigenvalue weighted by Gasteiger charge is 2.43. The van der Waals surface area contributed by atoms with Gasteiger partial charge in [-0.05, 0) is 6.07 Å². The van der Waals surface area contributed by atoms with Crippen LogP contribution in [0.25, 0.3) is 0 Å². The Kier molecular flexibility index (Phi) is 2.96. The number of hydrogen-bond donors (Lipinski definition) is 1. The molecule has 0 amide bonds. The van der Waals surface area contributed by atoms with Crippen molar-refractivity contribution in [3.05, 3.63) is 21.7 Å². The first-order chi connectivity index (χ1) is 8.22. The second-order valence-electron chi connectivity index (χ2n) is 3.91. The second-order valence-corrected chi connectivity index (χ2v) is 4.72. The summed E-state index contributed by atoms with van der Waals surface area (Å²) >= 11 is 12.3.